The number of nitrogens with zero attached hydrogens (tertiary/aromatic N) is 1. The molecular formula is C14H18N2O3. The standard InChI is InChI=1S/C14H18N2O3/c15-8-11-2-1-5-16(11)14(17)7-10-3-4-12-13(6-10)19-9-18-12/h3-4,6,11H,1-2,5,7-9,15H2. The Bertz CT molecular complexity index is 490. The predicted octanol–water partition coefficient (Wildman–Crippen LogP) is 0.907. The van der Waals surface area contributed by atoms with Crippen LogP contribution in [0.25, 0.3) is 0 Å². The first kappa shape index (κ1) is 12.3. The quantitative estimate of drug-likeness (QED) is 0.879. The molecule has 0 saturated carbocycles. The molecule has 0 spiro atoms. The molecule has 102 valence electrons. The van der Waals surface area contributed by atoms with Crippen molar-refractivity contribution in [2.75, 3.05) is 19.9 Å². The van der Waals surface area contributed by atoms with Crippen molar-refractivity contribution >= 4 is 5.91 Å². The molecule has 1 atom stereocenters. The van der Waals surface area contributed by atoms with Crippen LogP contribution in [0.3, 0.4) is 0 Å². The average Bonchev–Trinajstić information content (AvgIpc) is 3.06. The van der Waals surface area contributed by atoms with Crippen LogP contribution in [0.15, 0.2) is 18.2 Å². The molecular weight excluding hydrogens is 244 g/mol. The first-order chi connectivity index (χ1) is 9.28. The molecule has 1 aromatic rings. The van der Waals surface area contributed by atoms with Crippen molar-refractivity contribution in [3.8, 4) is 11.5 Å². The zero-order chi connectivity index (χ0) is 13.2. The summed E-state index contributed by atoms with van der Waals surface area (Å²) in [6, 6.07) is 5.86. The maximum atomic E-state index is 12.3. The molecule has 19 heavy (non-hydrogen) atoms. The third-order valence-corrected chi connectivity index (χ3v) is 3.76. The molecule has 1 aromatic carbocycles. The van der Waals surface area contributed by atoms with Crippen LogP contribution in [0, 0.1) is 0 Å². The number of hydrogen-bond acceptors (Lipinski definition) is 4. The molecule has 1 fully saturated rings. The second kappa shape index (κ2) is 5.09. The Kier molecular flexibility index (Phi) is 3.29. The van der Waals surface area contributed by atoms with Gasteiger partial charge in [-0.1, -0.05) is 6.07 Å². The van der Waals surface area contributed by atoms with Gasteiger partial charge in [0.05, 0.1) is 6.42 Å². The topological polar surface area (TPSA) is 64.8 Å². The summed E-state index contributed by atoms with van der Waals surface area (Å²) >= 11 is 0. The molecule has 0 radical (unpaired) electrons. The fourth-order valence-corrected chi connectivity index (χ4v) is 2.74. The summed E-state index contributed by atoms with van der Waals surface area (Å²) in [6.45, 7) is 1.63. The van der Waals surface area contributed by atoms with Crippen molar-refractivity contribution in [2.45, 2.75) is 25.3 Å². The second-order valence-corrected chi connectivity index (χ2v) is 4.98. The minimum atomic E-state index is 0.145. The van der Waals surface area contributed by atoms with E-state index in [1.165, 1.54) is 0 Å². The SMILES string of the molecule is NCC1CCCN1C(=O)Cc1ccc2c(c1)OCO2. The molecule has 2 N–H and O–H groups in total. The highest BCUT2D eigenvalue weighted by Gasteiger charge is 2.27. The third-order valence-electron chi connectivity index (χ3n) is 3.76. The van der Waals surface area contributed by atoms with Gasteiger partial charge in [0, 0.05) is 19.1 Å². The maximum absolute atomic E-state index is 12.3. The molecule has 2 aliphatic rings. The lowest BCUT2D eigenvalue weighted by atomic mass is 10.1. The van der Waals surface area contributed by atoms with Gasteiger partial charge in [-0.2, -0.15) is 0 Å². The number of fused-ring (bicyclic) bond motifs is 1. The lowest BCUT2D eigenvalue weighted by Gasteiger charge is -2.23. The Labute approximate surface area is 112 Å². The monoisotopic (exact) mass is 262 g/mol. The normalized spacial score (nSPS) is 20.9. The molecule has 0 aromatic heterocycles. The number of nitrogens with two attached hydrogens (primary N) is 1. The number of benzene rings is 1. The Hall–Kier alpha value is -1.75. The van der Waals surface area contributed by atoms with E-state index in [1.807, 2.05) is 23.1 Å². The number of likely N-dealkylation sites (tertiary alicyclic amines) is 1. The Morgan fingerprint density at radius 3 is 3.05 bits per heavy atom. The highest BCUT2D eigenvalue weighted by Crippen LogP contribution is 2.32. The van der Waals surface area contributed by atoms with Crippen LogP contribution in [0.1, 0.15) is 18.4 Å². The summed E-state index contributed by atoms with van der Waals surface area (Å²) in [4.78, 5) is 14.2. The van der Waals surface area contributed by atoms with E-state index >= 15 is 0 Å². The molecule has 0 bridgehead atoms. The van der Waals surface area contributed by atoms with E-state index in [2.05, 4.69) is 0 Å². The summed E-state index contributed by atoms with van der Waals surface area (Å²) in [5.41, 5.74) is 6.65. The molecule has 1 amide bonds. The molecule has 3 rings (SSSR count). The van der Waals surface area contributed by atoms with E-state index in [1.54, 1.807) is 0 Å². The van der Waals surface area contributed by atoms with Crippen molar-refractivity contribution in [3.63, 3.8) is 0 Å². The van der Waals surface area contributed by atoms with E-state index in [0.717, 1.165) is 36.4 Å². The van der Waals surface area contributed by atoms with Gasteiger partial charge in [0.1, 0.15) is 0 Å². The largest absolute Gasteiger partial charge is 0.454 e. The molecule has 1 saturated heterocycles. The van der Waals surface area contributed by atoms with Gasteiger partial charge >= 0.3 is 0 Å². The van der Waals surface area contributed by atoms with Crippen molar-refractivity contribution < 1.29 is 14.3 Å². The van der Waals surface area contributed by atoms with Crippen molar-refractivity contribution in [1.29, 1.82) is 0 Å². The first-order valence-electron chi connectivity index (χ1n) is 6.66. The van der Waals surface area contributed by atoms with Crippen LogP contribution < -0.4 is 15.2 Å². The van der Waals surface area contributed by atoms with Crippen LogP contribution in [-0.2, 0) is 11.2 Å². The lowest BCUT2D eigenvalue weighted by molar-refractivity contribution is -0.131. The van der Waals surface area contributed by atoms with Gasteiger partial charge in [-0.25, -0.2) is 0 Å². The number of ether oxygens (including phenoxy) is 2. The van der Waals surface area contributed by atoms with Crippen molar-refractivity contribution in [1.82, 2.24) is 4.90 Å². The lowest BCUT2D eigenvalue weighted by Crippen LogP contribution is -2.40. The van der Waals surface area contributed by atoms with Gasteiger partial charge in [-0.15, -0.1) is 0 Å². The maximum Gasteiger partial charge on any atom is 0.231 e. The average molecular weight is 262 g/mol. The van der Waals surface area contributed by atoms with Crippen LogP contribution in [0.4, 0.5) is 0 Å². The molecule has 0 aliphatic carbocycles. The third kappa shape index (κ3) is 2.38. The molecule has 5 heteroatoms. The van der Waals surface area contributed by atoms with Crippen LogP contribution >= 0.6 is 0 Å². The Balaban J connectivity index is 1.69. The summed E-state index contributed by atoms with van der Waals surface area (Å²) in [6.07, 6.45) is 2.46. The highest BCUT2D eigenvalue weighted by molar-refractivity contribution is 5.79. The van der Waals surface area contributed by atoms with Crippen LogP contribution in [0.2, 0.25) is 0 Å². The summed E-state index contributed by atoms with van der Waals surface area (Å²) < 4.78 is 10.6. The fraction of sp³-hybridized carbons (Fsp3) is 0.500. The minimum absolute atomic E-state index is 0.145. The van der Waals surface area contributed by atoms with E-state index in [9.17, 15) is 4.79 Å². The molecule has 2 aliphatic heterocycles. The summed E-state index contributed by atoms with van der Waals surface area (Å²) in [7, 11) is 0. The number of rotatable bonds is 3. The van der Waals surface area contributed by atoms with E-state index < -0.39 is 0 Å². The van der Waals surface area contributed by atoms with Gasteiger partial charge in [0.15, 0.2) is 11.5 Å². The summed E-state index contributed by atoms with van der Waals surface area (Å²) in [5.74, 6) is 1.62. The van der Waals surface area contributed by atoms with Gasteiger partial charge in [0.2, 0.25) is 12.7 Å². The Morgan fingerprint density at radius 2 is 2.21 bits per heavy atom. The molecule has 1 unspecified atom stereocenters. The zero-order valence-electron chi connectivity index (χ0n) is 10.8. The van der Waals surface area contributed by atoms with Crippen molar-refractivity contribution in [2.24, 2.45) is 5.73 Å². The molecule has 2 heterocycles. The van der Waals surface area contributed by atoms with Crippen molar-refractivity contribution in [3.05, 3.63) is 23.8 Å². The number of hydrogen-bond donors (Lipinski definition) is 1. The van der Waals surface area contributed by atoms with Gasteiger partial charge in [0.25, 0.3) is 0 Å². The second-order valence-electron chi connectivity index (χ2n) is 4.98. The van der Waals surface area contributed by atoms with E-state index in [-0.39, 0.29) is 18.7 Å². The number of amides is 1. The van der Waals surface area contributed by atoms with Crippen LogP contribution in [0.5, 0.6) is 11.5 Å². The first-order valence-corrected chi connectivity index (χ1v) is 6.66. The highest BCUT2D eigenvalue weighted by atomic mass is 16.7. The molecule has 5 nitrogen and oxygen atoms in total. The predicted molar refractivity (Wildman–Crippen MR) is 70.1 cm³/mol. The van der Waals surface area contributed by atoms with Gasteiger partial charge < -0.3 is 20.1 Å². The Morgan fingerprint density at radius 1 is 1.37 bits per heavy atom. The number of carbonyl (C=O) groups is 1. The van der Waals surface area contributed by atoms with E-state index in [0.29, 0.717) is 13.0 Å². The fourth-order valence-electron chi connectivity index (χ4n) is 2.74. The zero-order valence-corrected chi connectivity index (χ0v) is 10.8. The number of carbonyl (C=O) groups excluding carboxylic acids is 1. The minimum Gasteiger partial charge on any atom is -0.454 e. The smallest absolute Gasteiger partial charge is 0.231 e. The van der Waals surface area contributed by atoms with Gasteiger partial charge in [-0.3, -0.25) is 4.79 Å². The van der Waals surface area contributed by atoms with Gasteiger partial charge in [-0.05, 0) is 30.5 Å². The van der Waals surface area contributed by atoms with E-state index in [4.69, 9.17) is 15.2 Å². The van der Waals surface area contributed by atoms with Crippen LogP contribution in [-0.4, -0.2) is 36.7 Å². The summed E-state index contributed by atoms with van der Waals surface area (Å²) in [5, 5.41) is 0.